The number of hydrogen-bond donors (Lipinski definition) is 2. The molecule has 7 heteroatoms. The van der Waals surface area contributed by atoms with Crippen molar-refractivity contribution in [1.82, 2.24) is 15.5 Å². The van der Waals surface area contributed by atoms with Gasteiger partial charge in [0.15, 0.2) is 0 Å². The van der Waals surface area contributed by atoms with E-state index in [9.17, 15) is 14.4 Å². The Kier molecular flexibility index (Phi) is 16.7. The van der Waals surface area contributed by atoms with Crippen LogP contribution >= 0.6 is 0 Å². The van der Waals surface area contributed by atoms with E-state index in [1.54, 1.807) is 25.7 Å². The minimum atomic E-state index is -0.808. The van der Waals surface area contributed by atoms with Gasteiger partial charge in [-0.1, -0.05) is 97.3 Å². The summed E-state index contributed by atoms with van der Waals surface area (Å²) in [5.41, 5.74) is 2.31. The van der Waals surface area contributed by atoms with Crippen LogP contribution in [0.4, 0.5) is 4.79 Å². The van der Waals surface area contributed by atoms with Crippen LogP contribution in [0, 0.1) is 19.8 Å². The van der Waals surface area contributed by atoms with E-state index in [-0.39, 0.29) is 17.7 Å². The Labute approximate surface area is 250 Å². The van der Waals surface area contributed by atoms with Gasteiger partial charge in [-0.3, -0.25) is 9.59 Å². The molecule has 0 saturated carbocycles. The highest BCUT2D eigenvalue weighted by atomic mass is 16.6. The fourth-order valence-electron chi connectivity index (χ4n) is 4.82. The van der Waals surface area contributed by atoms with Crippen LogP contribution in [-0.2, 0) is 14.3 Å². The number of nitrogens with zero attached hydrogens (tertiary/aromatic N) is 1. The summed E-state index contributed by atoms with van der Waals surface area (Å²) < 4.78 is 5.53. The zero-order valence-electron chi connectivity index (χ0n) is 27.5. The van der Waals surface area contributed by atoms with E-state index in [0.717, 1.165) is 55.2 Å². The molecule has 0 radical (unpaired) electrons. The van der Waals surface area contributed by atoms with Gasteiger partial charge in [-0.25, -0.2) is 4.79 Å². The number of hydrogen-bond acceptors (Lipinski definition) is 4. The van der Waals surface area contributed by atoms with Crippen molar-refractivity contribution in [2.45, 2.75) is 144 Å². The maximum Gasteiger partial charge on any atom is 0.408 e. The maximum absolute atomic E-state index is 14.4. The Hall–Kier alpha value is -2.57. The number of nitrogens with one attached hydrogen (secondary N) is 2. The Morgan fingerprint density at radius 3 is 2.07 bits per heavy atom. The second kappa shape index (κ2) is 18.8. The van der Waals surface area contributed by atoms with Gasteiger partial charge in [0.1, 0.15) is 17.7 Å². The second-order valence-electron chi connectivity index (χ2n) is 12.6. The smallest absolute Gasteiger partial charge is 0.408 e. The molecule has 0 spiro atoms. The third-order valence-corrected chi connectivity index (χ3v) is 7.67. The fourth-order valence-corrected chi connectivity index (χ4v) is 4.82. The molecule has 1 rings (SSSR count). The molecule has 0 bridgehead atoms. The van der Waals surface area contributed by atoms with Gasteiger partial charge >= 0.3 is 6.09 Å². The highest BCUT2D eigenvalue weighted by molar-refractivity contribution is 5.92. The molecule has 7 nitrogen and oxygen atoms in total. The average molecular weight is 574 g/mol. The van der Waals surface area contributed by atoms with E-state index >= 15 is 0 Å². The van der Waals surface area contributed by atoms with Crippen LogP contribution in [0.1, 0.15) is 135 Å². The molecule has 0 aliphatic heterocycles. The Balaban J connectivity index is 3.48. The van der Waals surface area contributed by atoms with Crippen LogP contribution in [0.2, 0.25) is 0 Å². The maximum atomic E-state index is 14.4. The predicted octanol–water partition coefficient (Wildman–Crippen LogP) is 7.78. The van der Waals surface area contributed by atoms with Crippen molar-refractivity contribution in [2.24, 2.45) is 5.92 Å². The SMILES string of the molecule is CCCCCCCCN(C(=O)C(NC(=O)OC(C)(C)C)C(C)CC)C(C(=O)NCCCCC)c1ccc(C)c(C)c1. The van der Waals surface area contributed by atoms with Gasteiger partial charge in [-0.2, -0.15) is 0 Å². The summed E-state index contributed by atoms with van der Waals surface area (Å²) in [4.78, 5) is 42.9. The molecule has 41 heavy (non-hydrogen) atoms. The minimum absolute atomic E-state index is 0.143. The molecular weight excluding hydrogens is 514 g/mol. The number of amides is 3. The van der Waals surface area contributed by atoms with Crippen LogP contribution in [-0.4, -0.2) is 47.5 Å². The van der Waals surface area contributed by atoms with Crippen LogP contribution in [0.15, 0.2) is 18.2 Å². The summed E-state index contributed by atoms with van der Waals surface area (Å²) in [5.74, 6) is -0.565. The molecule has 3 unspecified atom stereocenters. The first kappa shape index (κ1) is 36.5. The molecule has 0 saturated heterocycles. The van der Waals surface area contributed by atoms with Gasteiger partial charge < -0.3 is 20.3 Å². The van der Waals surface area contributed by atoms with E-state index in [1.807, 2.05) is 45.9 Å². The molecule has 0 aliphatic carbocycles. The number of carbonyl (C=O) groups is 3. The van der Waals surface area contributed by atoms with Gasteiger partial charge in [0.2, 0.25) is 11.8 Å². The summed E-state index contributed by atoms with van der Waals surface area (Å²) >= 11 is 0. The normalized spacial score (nSPS) is 13.7. The second-order valence-corrected chi connectivity index (χ2v) is 12.6. The van der Waals surface area contributed by atoms with Crippen LogP contribution in [0.3, 0.4) is 0 Å². The van der Waals surface area contributed by atoms with Crippen LogP contribution in [0.5, 0.6) is 0 Å². The predicted molar refractivity (Wildman–Crippen MR) is 169 cm³/mol. The largest absolute Gasteiger partial charge is 0.444 e. The first-order valence-corrected chi connectivity index (χ1v) is 16.0. The molecular formula is C34H59N3O4. The summed E-state index contributed by atoms with van der Waals surface area (Å²) in [7, 11) is 0. The molecule has 0 aromatic heterocycles. The van der Waals surface area contributed by atoms with Crippen LogP contribution in [0.25, 0.3) is 0 Å². The average Bonchev–Trinajstić information content (AvgIpc) is 2.91. The fraction of sp³-hybridized carbons (Fsp3) is 0.735. The Morgan fingerprint density at radius 2 is 1.49 bits per heavy atom. The van der Waals surface area contributed by atoms with E-state index in [4.69, 9.17) is 4.74 Å². The van der Waals surface area contributed by atoms with Gasteiger partial charge in [0.25, 0.3) is 0 Å². The zero-order valence-corrected chi connectivity index (χ0v) is 27.5. The number of alkyl carbamates (subject to hydrolysis) is 1. The molecule has 3 amide bonds. The van der Waals surface area contributed by atoms with Crippen molar-refractivity contribution in [3.8, 4) is 0 Å². The quantitative estimate of drug-likeness (QED) is 0.176. The molecule has 234 valence electrons. The number of benzene rings is 1. The lowest BCUT2D eigenvalue weighted by Gasteiger charge is -2.36. The van der Waals surface area contributed by atoms with Gasteiger partial charge in [-0.15, -0.1) is 0 Å². The molecule has 1 aromatic rings. The number of rotatable bonds is 18. The summed E-state index contributed by atoms with van der Waals surface area (Å²) in [6.45, 7) is 18.8. The first-order valence-electron chi connectivity index (χ1n) is 16.0. The monoisotopic (exact) mass is 573 g/mol. The molecule has 1 aromatic carbocycles. The topological polar surface area (TPSA) is 87.7 Å². The van der Waals surface area contributed by atoms with E-state index in [1.165, 1.54) is 19.3 Å². The lowest BCUT2D eigenvalue weighted by molar-refractivity contribution is -0.143. The molecule has 3 atom stereocenters. The lowest BCUT2D eigenvalue weighted by atomic mass is 9.94. The van der Waals surface area contributed by atoms with E-state index in [2.05, 4.69) is 24.5 Å². The zero-order chi connectivity index (χ0) is 31.0. The number of unbranched alkanes of at least 4 members (excludes halogenated alkanes) is 7. The lowest BCUT2D eigenvalue weighted by Crippen LogP contribution is -2.55. The summed E-state index contributed by atoms with van der Waals surface area (Å²) in [6.07, 6.45) is 9.46. The van der Waals surface area contributed by atoms with Gasteiger partial charge in [0, 0.05) is 13.1 Å². The van der Waals surface area contributed by atoms with Crippen molar-refractivity contribution in [2.75, 3.05) is 13.1 Å². The molecule has 0 aliphatic rings. The van der Waals surface area contributed by atoms with E-state index < -0.39 is 23.8 Å². The van der Waals surface area contributed by atoms with E-state index in [0.29, 0.717) is 19.5 Å². The first-order chi connectivity index (χ1) is 19.4. The Bertz CT molecular complexity index is 940. The number of carbonyl (C=O) groups excluding carboxylic acids is 3. The summed E-state index contributed by atoms with van der Waals surface area (Å²) in [6, 6.07) is 4.40. The van der Waals surface area contributed by atoms with Crippen molar-refractivity contribution < 1.29 is 19.1 Å². The van der Waals surface area contributed by atoms with Crippen molar-refractivity contribution >= 4 is 17.9 Å². The van der Waals surface area contributed by atoms with Crippen molar-refractivity contribution in [1.29, 1.82) is 0 Å². The van der Waals surface area contributed by atoms with Crippen LogP contribution < -0.4 is 10.6 Å². The highest BCUT2D eigenvalue weighted by Gasteiger charge is 2.38. The Morgan fingerprint density at radius 1 is 0.878 bits per heavy atom. The highest BCUT2D eigenvalue weighted by Crippen LogP contribution is 2.27. The molecule has 0 heterocycles. The number of aryl methyl sites for hydroxylation is 2. The summed E-state index contributed by atoms with van der Waals surface area (Å²) in [5, 5.41) is 5.98. The third kappa shape index (κ3) is 13.3. The third-order valence-electron chi connectivity index (χ3n) is 7.67. The minimum Gasteiger partial charge on any atom is -0.444 e. The van der Waals surface area contributed by atoms with Crippen molar-refractivity contribution in [3.63, 3.8) is 0 Å². The van der Waals surface area contributed by atoms with Gasteiger partial charge in [-0.05, 0) is 70.1 Å². The molecule has 2 N–H and O–H groups in total. The van der Waals surface area contributed by atoms with Gasteiger partial charge in [0.05, 0.1) is 0 Å². The molecule has 0 fully saturated rings. The standard InChI is InChI=1S/C34H59N3O4/c1-10-13-15-16-17-19-23-37(32(39)29(25(4)12-3)36-33(40)41-34(7,8)9)30(31(38)35-22-18-14-11-2)28-21-20-26(5)27(6)24-28/h20-21,24-25,29-30H,10-19,22-23H2,1-9H3,(H,35,38)(H,36,40). The number of ether oxygens (including phenoxy) is 1. The van der Waals surface area contributed by atoms with Crippen molar-refractivity contribution in [3.05, 3.63) is 34.9 Å².